The van der Waals surface area contributed by atoms with Gasteiger partial charge in [0.25, 0.3) is 0 Å². The van der Waals surface area contributed by atoms with Crippen LogP contribution in [0.3, 0.4) is 0 Å². The lowest BCUT2D eigenvalue weighted by atomic mass is 10.0. The molecule has 0 aromatic heterocycles. The molecule has 0 rings (SSSR count). The van der Waals surface area contributed by atoms with Gasteiger partial charge in [-0.3, -0.25) is 0 Å². The third-order valence-electron chi connectivity index (χ3n) is 4.61. The van der Waals surface area contributed by atoms with E-state index in [4.69, 9.17) is 5.73 Å². The van der Waals surface area contributed by atoms with Crippen LogP contribution in [0.5, 0.6) is 0 Å². The van der Waals surface area contributed by atoms with Crippen LogP contribution in [-0.2, 0) is 0 Å². The van der Waals surface area contributed by atoms with Crippen molar-refractivity contribution in [1.82, 2.24) is 0 Å². The van der Waals surface area contributed by atoms with Gasteiger partial charge >= 0.3 is 0 Å². The van der Waals surface area contributed by atoms with E-state index >= 15 is 0 Å². The Balaban J connectivity index is 3.14. The van der Waals surface area contributed by atoms with E-state index in [1.807, 2.05) is 6.08 Å². The van der Waals surface area contributed by atoms with Crippen molar-refractivity contribution in [3.05, 3.63) is 12.2 Å². The van der Waals surface area contributed by atoms with Gasteiger partial charge in [-0.15, -0.1) is 0 Å². The molecule has 2 heteroatoms. The first-order chi connectivity index (χ1) is 11.1. The maximum Gasteiger partial charge on any atom is 0.0921 e. The Morgan fingerprint density at radius 2 is 1.13 bits per heavy atom. The van der Waals surface area contributed by atoms with E-state index in [2.05, 4.69) is 13.0 Å². The van der Waals surface area contributed by atoms with Crippen LogP contribution in [0, 0.1) is 0 Å². The molecule has 0 aliphatic carbocycles. The molecule has 3 N–H and O–H groups in total. The predicted molar refractivity (Wildman–Crippen MR) is 104 cm³/mol. The normalized spacial score (nSPS) is 14.4. The summed E-state index contributed by atoms with van der Waals surface area (Å²) < 4.78 is 0. The van der Waals surface area contributed by atoms with Gasteiger partial charge in [0.15, 0.2) is 0 Å². The van der Waals surface area contributed by atoms with E-state index in [1.165, 1.54) is 89.9 Å². The van der Waals surface area contributed by atoms with Gasteiger partial charge in [0, 0.05) is 6.54 Å². The molecule has 0 bridgehead atoms. The Hall–Kier alpha value is -0.340. The molecule has 0 heterocycles. The maximum atomic E-state index is 9.73. The predicted octanol–water partition coefficient (Wildman–Crippen LogP) is 6.12. The van der Waals surface area contributed by atoms with Gasteiger partial charge in [-0.25, -0.2) is 0 Å². The first-order valence-corrected chi connectivity index (χ1v) is 10.2. The highest BCUT2D eigenvalue weighted by molar-refractivity contribution is 4.98. The SMILES string of the molecule is CCCCCCCCCCCCCCCCC=CC(C)(O)CN. The summed E-state index contributed by atoms with van der Waals surface area (Å²) in [7, 11) is 0. The average molecular weight is 326 g/mol. The molecule has 0 fully saturated rings. The number of nitrogens with two attached hydrogens (primary N) is 1. The average Bonchev–Trinajstić information content (AvgIpc) is 2.54. The summed E-state index contributed by atoms with van der Waals surface area (Å²) in [6, 6.07) is 0. The molecule has 0 saturated carbocycles. The second-order valence-corrected chi connectivity index (χ2v) is 7.35. The molecule has 1 unspecified atom stereocenters. The van der Waals surface area contributed by atoms with Crippen LogP contribution < -0.4 is 5.73 Å². The Kier molecular flexibility index (Phi) is 16.3. The van der Waals surface area contributed by atoms with Crippen LogP contribution in [0.25, 0.3) is 0 Å². The van der Waals surface area contributed by atoms with E-state index in [0.717, 1.165) is 6.42 Å². The van der Waals surface area contributed by atoms with Gasteiger partial charge in [0.2, 0.25) is 0 Å². The van der Waals surface area contributed by atoms with Crippen LogP contribution >= 0.6 is 0 Å². The smallest absolute Gasteiger partial charge is 0.0921 e. The molecular weight excluding hydrogens is 282 g/mol. The fraction of sp³-hybridized carbons (Fsp3) is 0.905. The number of unbranched alkanes of at least 4 members (excludes halogenated alkanes) is 14. The van der Waals surface area contributed by atoms with Crippen molar-refractivity contribution in [2.24, 2.45) is 5.73 Å². The number of rotatable bonds is 17. The molecule has 0 saturated heterocycles. The molecular formula is C21H43NO. The second-order valence-electron chi connectivity index (χ2n) is 7.35. The molecule has 0 aromatic carbocycles. The number of aliphatic hydroxyl groups is 1. The van der Waals surface area contributed by atoms with Gasteiger partial charge < -0.3 is 10.8 Å². The molecule has 0 spiro atoms. The zero-order valence-corrected chi connectivity index (χ0v) is 16.0. The minimum Gasteiger partial charge on any atom is -0.385 e. The zero-order valence-electron chi connectivity index (χ0n) is 16.0. The summed E-state index contributed by atoms with van der Waals surface area (Å²) in [6.07, 6.45) is 24.5. The van der Waals surface area contributed by atoms with E-state index in [1.54, 1.807) is 6.92 Å². The third kappa shape index (κ3) is 17.8. The highest BCUT2D eigenvalue weighted by atomic mass is 16.3. The van der Waals surface area contributed by atoms with E-state index in [9.17, 15) is 5.11 Å². The fourth-order valence-corrected chi connectivity index (χ4v) is 2.86. The van der Waals surface area contributed by atoms with Gasteiger partial charge in [-0.05, 0) is 19.8 Å². The van der Waals surface area contributed by atoms with Crippen molar-refractivity contribution in [2.45, 2.75) is 116 Å². The van der Waals surface area contributed by atoms with Crippen molar-refractivity contribution >= 4 is 0 Å². The molecule has 23 heavy (non-hydrogen) atoms. The van der Waals surface area contributed by atoms with E-state index in [0.29, 0.717) is 6.54 Å². The summed E-state index contributed by atoms with van der Waals surface area (Å²) in [5, 5.41) is 9.73. The molecule has 0 aliphatic heterocycles. The Morgan fingerprint density at radius 3 is 1.52 bits per heavy atom. The number of hydrogen-bond donors (Lipinski definition) is 2. The summed E-state index contributed by atoms with van der Waals surface area (Å²) in [4.78, 5) is 0. The Bertz CT molecular complexity index is 261. The summed E-state index contributed by atoms with van der Waals surface area (Å²) in [6.45, 7) is 4.33. The molecule has 0 radical (unpaired) electrons. The minimum atomic E-state index is -0.823. The van der Waals surface area contributed by atoms with Crippen molar-refractivity contribution in [2.75, 3.05) is 6.54 Å². The van der Waals surface area contributed by atoms with Crippen molar-refractivity contribution in [3.8, 4) is 0 Å². The monoisotopic (exact) mass is 325 g/mol. The molecule has 2 nitrogen and oxygen atoms in total. The quantitative estimate of drug-likeness (QED) is 0.250. The van der Waals surface area contributed by atoms with E-state index in [-0.39, 0.29) is 0 Å². The third-order valence-corrected chi connectivity index (χ3v) is 4.61. The van der Waals surface area contributed by atoms with Crippen molar-refractivity contribution in [3.63, 3.8) is 0 Å². The van der Waals surface area contributed by atoms with Crippen molar-refractivity contribution in [1.29, 1.82) is 0 Å². The van der Waals surface area contributed by atoms with Crippen LogP contribution in [0.15, 0.2) is 12.2 Å². The first-order valence-electron chi connectivity index (χ1n) is 10.2. The zero-order chi connectivity index (χ0) is 17.2. The maximum absolute atomic E-state index is 9.73. The van der Waals surface area contributed by atoms with Crippen LogP contribution in [0.2, 0.25) is 0 Å². The molecule has 138 valence electrons. The number of allylic oxidation sites excluding steroid dienone is 1. The van der Waals surface area contributed by atoms with Gasteiger partial charge in [-0.1, -0.05) is 103 Å². The fourth-order valence-electron chi connectivity index (χ4n) is 2.86. The Labute approximate surface area is 145 Å². The lowest BCUT2D eigenvalue weighted by Gasteiger charge is -2.15. The largest absolute Gasteiger partial charge is 0.385 e. The highest BCUT2D eigenvalue weighted by Crippen LogP contribution is 2.13. The lowest BCUT2D eigenvalue weighted by molar-refractivity contribution is 0.121. The first kappa shape index (κ1) is 22.7. The standard InChI is InChI=1S/C21H43NO/c1-3-4-5-6-7-8-9-10-11-12-13-14-15-16-17-18-19-21(2,23)20-22/h18-19,23H,3-17,20,22H2,1-2H3. The summed E-state index contributed by atoms with van der Waals surface area (Å²) in [5.41, 5.74) is 4.65. The minimum absolute atomic E-state index is 0.294. The molecule has 0 aromatic rings. The summed E-state index contributed by atoms with van der Waals surface area (Å²) in [5.74, 6) is 0. The molecule has 0 aliphatic rings. The van der Waals surface area contributed by atoms with Crippen molar-refractivity contribution < 1.29 is 5.11 Å². The molecule has 0 amide bonds. The van der Waals surface area contributed by atoms with Gasteiger partial charge in [0.05, 0.1) is 5.60 Å². The van der Waals surface area contributed by atoms with Crippen LogP contribution in [0.4, 0.5) is 0 Å². The van der Waals surface area contributed by atoms with Crippen LogP contribution in [-0.4, -0.2) is 17.3 Å². The number of hydrogen-bond acceptors (Lipinski definition) is 2. The van der Waals surface area contributed by atoms with Crippen LogP contribution in [0.1, 0.15) is 110 Å². The summed E-state index contributed by atoms with van der Waals surface area (Å²) >= 11 is 0. The van der Waals surface area contributed by atoms with Gasteiger partial charge in [0.1, 0.15) is 0 Å². The Morgan fingerprint density at radius 1 is 0.739 bits per heavy atom. The van der Waals surface area contributed by atoms with E-state index < -0.39 is 5.60 Å². The topological polar surface area (TPSA) is 46.2 Å². The molecule has 1 atom stereocenters. The van der Waals surface area contributed by atoms with Gasteiger partial charge in [-0.2, -0.15) is 0 Å². The highest BCUT2D eigenvalue weighted by Gasteiger charge is 2.11. The lowest BCUT2D eigenvalue weighted by Crippen LogP contribution is -2.31. The second kappa shape index (κ2) is 16.5.